The number of benzene rings is 3. The van der Waals surface area contributed by atoms with Crippen LogP contribution in [0.2, 0.25) is 0 Å². The zero-order chi connectivity index (χ0) is 25.5. The number of carbonyl (C=O) groups is 8. The number of ether oxygens (including phenoxy) is 2. The van der Waals surface area contributed by atoms with Crippen LogP contribution in [-0.4, -0.2) is 47.0 Å². The van der Waals surface area contributed by atoms with Crippen molar-refractivity contribution in [3.05, 3.63) is 80.9 Å². The van der Waals surface area contributed by atoms with Gasteiger partial charge >= 0.3 is 23.9 Å². The molecule has 174 valence electrons. The quantitative estimate of drug-likeness (QED) is 0.345. The van der Waals surface area contributed by atoms with Crippen molar-refractivity contribution in [3.8, 4) is 0 Å². The molecular weight excluding hydrogens is 472 g/mol. The summed E-state index contributed by atoms with van der Waals surface area (Å²) in [4.78, 5) is 91.7. The highest BCUT2D eigenvalue weighted by Crippen LogP contribution is 2.32. The summed E-state index contributed by atoms with van der Waals surface area (Å²) in [6, 6.07) is 8.77. The van der Waals surface area contributed by atoms with Gasteiger partial charge in [0, 0.05) is 22.3 Å². The summed E-state index contributed by atoms with van der Waals surface area (Å²) in [6.07, 6.45) is -0.312. The molecule has 0 atom stereocenters. The monoisotopic (exact) mass is 482 g/mol. The average molecular weight is 482 g/mol. The summed E-state index contributed by atoms with van der Waals surface area (Å²) in [5.74, 6) is -3.99. The van der Waals surface area contributed by atoms with Crippen LogP contribution in [0.15, 0.2) is 36.4 Å². The minimum Gasteiger partial charge on any atom is -0.386 e. The number of rotatable bonds is 0. The van der Waals surface area contributed by atoms with Gasteiger partial charge in [-0.05, 0) is 47.2 Å². The van der Waals surface area contributed by atoms with E-state index in [0.717, 1.165) is 0 Å². The van der Waals surface area contributed by atoms with Crippen LogP contribution in [0, 0.1) is 0 Å². The highest BCUT2D eigenvalue weighted by molar-refractivity contribution is 6.27. The number of hydrogen-bond donors (Lipinski definition) is 0. The predicted octanol–water partition coefficient (Wildman–Crippen LogP) is 2.69. The zero-order valence-electron chi connectivity index (χ0n) is 18.0. The molecule has 0 unspecified atom stereocenters. The van der Waals surface area contributed by atoms with Gasteiger partial charge < -0.3 is 9.47 Å². The molecule has 4 aliphatic rings. The van der Waals surface area contributed by atoms with Crippen molar-refractivity contribution in [2.75, 3.05) is 0 Å². The number of fused-ring (bicyclic) bond motifs is 5. The van der Waals surface area contributed by atoms with Gasteiger partial charge in [0.2, 0.25) is 0 Å². The third-order valence-corrected chi connectivity index (χ3v) is 6.37. The normalized spacial score (nSPS) is 17.0. The van der Waals surface area contributed by atoms with E-state index in [-0.39, 0.29) is 69.4 Å². The molecule has 10 heteroatoms. The summed E-state index contributed by atoms with van der Waals surface area (Å²) >= 11 is 0. The lowest BCUT2D eigenvalue weighted by Crippen LogP contribution is -1.98. The number of esters is 4. The number of ketones is 4. The molecule has 0 N–H and O–H groups in total. The van der Waals surface area contributed by atoms with Crippen LogP contribution >= 0.6 is 0 Å². The number of cyclic esters (lactones) is 4. The van der Waals surface area contributed by atoms with Crippen LogP contribution in [0.3, 0.4) is 0 Å². The molecule has 0 saturated carbocycles. The second kappa shape index (κ2) is 7.19. The number of Topliss-reactive ketones (excluding diaryl/α,β-unsaturated/α-hetero) is 4. The van der Waals surface area contributed by atoms with Crippen LogP contribution in [-0.2, 0) is 9.47 Å². The second-order valence-corrected chi connectivity index (χ2v) is 8.49. The fourth-order valence-corrected chi connectivity index (χ4v) is 4.61. The average Bonchev–Trinajstić information content (AvgIpc) is 3.48. The molecule has 3 aromatic carbocycles. The number of hydrogen-bond acceptors (Lipinski definition) is 10. The molecule has 0 bridgehead atoms. The van der Waals surface area contributed by atoms with E-state index in [0.29, 0.717) is 21.9 Å². The molecule has 0 saturated heterocycles. The Morgan fingerprint density at radius 1 is 0.361 bits per heavy atom. The van der Waals surface area contributed by atoms with E-state index in [2.05, 4.69) is 9.47 Å². The van der Waals surface area contributed by atoms with Gasteiger partial charge in [-0.2, -0.15) is 0 Å². The third kappa shape index (κ3) is 2.97. The lowest BCUT2D eigenvalue weighted by molar-refractivity contribution is 0.0425. The molecule has 2 heterocycles. The minimum atomic E-state index is -0.769. The van der Waals surface area contributed by atoms with Crippen molar-refractivity contribution >= 4 is 57.8 Å². The van der Waals surface area contributed by atoms with Gasteiger partial charge in [0.05, 0.1) is 35.1 Å². The van der Waals surface area contributed by atoms with Crippen molar-refractivity contribution in [3.63, 3.8) is 0 Å². The molecule has 0 spiro atoms. The predicted molar refractivity (Wildman–Crippen MR) is 116 cm³/mol. The third-order valence-electron chi connectivity index (χ3n) is 6.37. The first-order valence-electron chi connectivity index (χ1n) is 10.6. The van der Waals surface area contributed by atoms with E-state index in [1.165, 1.54) is 24.3 Å². The lowest BCUT2D eigenvalue weighted by Gasteiger charge is -2.03. The first-order chi connectivity index (χ1) is 17.1. The largest absolute Gasteiger partial charge is 0.386 e. The summed E-state index contributed by atoms with van der Waals surface area (Å²) in [5, 5.41) is 1.27. The van der Waals surface area contributed by atoms with Crippen molar-refractivity contribution < 1.29 is 47.8 Å². The van der Waals surface area contributed by atoms with Crippen molar-refractivity contribution in [1.82, 2.24) is 0 Å². The van der Waals surface area contributed by atoms with Crippen LogP contribution in [0.25, 0.3) is 10.8 Å². The maximum absolute atomic E-state index is 11.7. The Hall–Kier alpha value is -5.12. The highest BCUT2D eigenvalue weighted by atomic mass is 16.6. The highest BCUT2D eigenvalue weighted by Gasteiger charge is 2.36. The summed E-state index contributed by atoms with van der Waals surface area (Å²) in [6.45, 7) is 0. The first kappa shape index (κ1) is 21.4. The number of carbonyl (C=O) groups excluding carboxylic acids is 8. The first-order valence-corrected chi connectivity index (χ1v) is 10.6. The van der Waals surface area contributed by atoms with Gasteiger partial charge in [0.25, 0.3) is 0 Å². The van der Waals surface area contributed by atoms with E-state index < -0.39 is 23.9 Å². The molecule has 0 radical (unpaired) electrons. The maximum Gasteiger partial charge on any atom is 0.346 e. The van der Waals surface area contributed by atoms with E-state index in [1.54, 1.807) is 12.1 Å². The van der Waals surface area contributed by atoms with Crippen molar-refractivity contribution in [2.24, 2.45) is 0 Å². The summed E-state index contributed by atoms with van der Waals surface area (Å²) < 4.78 is 8.91. The van der Waals surface area contributed by atoms with Gasteiger partial charge in [-0.25, -0.2) is 19.2 Å². The Labute approximate surface area is 199 Å². The van der Waals surface area contributed by atoms with Gasteiger partial charge in [-0.15, -0.1) is 0 Å². The summed E-state index contributed by atoms with van der Waals surface area (Å²) in [5.41, 5.74) is 1.67. The van der Waals surface area contributed by atoms with Crippen molar-refractivity contribution in [2.45, 2.75) is 12.8 Å². The molecule has 7 rings (SSSR count). The van der Waals surface area contributed by atoms with Crippen LogP contribution in [0.1, 0.15) is 95.7 Å². The van der Waals surface area contributed by atoms with E-state index in [4.69, 9.17) is 0 Å². The topological polar surface area (TPSA) is 155 Å². The van der Waals surface area contributed by atoms with Crippen LogP contribution in [0.4, 0.5) is 0 Å². The van der Waals surface area contributed by atoms with Gasteiger partial charge in [0.15, 0.2) is 23.1 Å². The molecule has 3 aromatic rings. The van der Waals surface area contributed by atoms with Gasteiger partial charge in [-0.3, -0.25) is 19.2 Å². The Kier molecular flexibility index (Phi) is 4.28. The fraction of sp³-hybridized carbons (Fsp3) is 0.0769. The molecule has 0 fully saturated rings. The molecule has 36 heavy (non-hydrogen) atoms. The van der Waals surface area contributed by atoms with E-state index >= 15 is 0 Å². The standard InChI is InChI=1S/C15H6O5.C11H4O5/c16-12-5-13(17)9-2-7-4-11-10(14(18)20-15(11)19)3-6(7)1-8(9)12;12-8-3-9(13)5-2-7-6(1-4(5)8)10(14)16-11(7)15/h1-4H,5H2;1-2H,3H2. The summed E-state index contributed by atoms with van der Waals surface area (Å²) in [7, 11) is 0. The Bertz CT molecular complexity index is 1480. The molecule has 2 aliphatic carbocycles. The Morgan fingerprint density at radius 2 is 0.611 bits per heavy atom. The molecular formula is C26H10O10. The molecule has 2 aliphatic heterocycles. The zero-order valence-corrected chi connectivity index (χ0v) is 18.0. The molecule has 10 nitrogen and oxygen atoms in total. The second-order valence-electron chi connectivity index (χ2n) is 8.49. The molecule has 0 amide bonds. The smallest absolute Gasteiger partial charge is 0.346 e. The van der Waals surface area contributed by atoms with Crippen LogP contribution in [0.5, 0.6) is 0 Å². The Morgan fingerprint density at radius 3 is 0.944 bits per heavy atom. The van der Waals surface area contributed by atoms with E-state index in [9.17, 15) is 38.4 Å². The maximum atomic E-state index is 11.7. The SMILES string of the molecule is O=C1CC(=O)c2cc3c(cc21)C(=O)OC3=O.O=C1CC(=O)c2cc3cc4c(cc3cc21)C(=O)OC4=O. The lowest BCUT2D eigenvalue weighted by atomic mass is 9.98. The minimum absolute atomic E-state index is 0.0619. The van der Waals surface area contributed by atoms with E-state index in [1.807, 2.05) is 0 Å². The Balaban J connectivity index is 0.000000137. The van der Waals surface area contributed by atoms with Crippen LogP contribution < -0.4 is 0 Å². The van der Waals surface area contributed by atoms with Crippen molar-refractivity contribution in [1.29, 1.82) is 0 Å². The fourth-order valence-electron chi connectivity index (χ4n) is 4.61. The van der Waals surface area contributed by atoms with Gasteiger partial charge in [-0.1, -0.05) is 0 Å². The van der Waals surface area contributed by atoms with Gasteiger partial charge in [0.1, 0.15) is 0 Å². The molecule has 0 aromatic heterocycles.